The monoisotopic (exact) mass is 523 g/mol. The summed E-state index contributed by atoms with van der Waals surface area (Å²) in [5.74, 6) is -0.727. The van der Waals surface area contributed by atoms with E-state index in [1.165, 1.54) is 4.90 Å². The molecule has 0 radical (unpaired) electrons. The molecule has 2 aromatic carbocycles. The molecule has 0 aliphatic heterocycles. The first kappa shape index (κ1) is 27.7. The van der Waals surface area contributed by atoms with E-state index in [0.717, 1.165) is 23.5 Å². The minimum Gasteiger partial charge on any atom is -0.494 e. The fourth-order valence-electron chi connectivity index (χ4n) is 3.74. The molecule has 3 rings (SSSR count). The van der Waals surface area contributed by atoms with Gasteiger partial charge in [0.15, 0.2) is 5.69 Å². The van der Waals surface area contributed by atoms with Gasteiger partial charge in [-0.3, -0.25) is 19.3 Å². The number of aromatic nitrogens is 1. The lowest BCUT2D eigenvalue weighted by Gasteiger charge is -2.31. The summed E-state index contributed by atoms with van der Waals surface area (Å²) in [6, 6.07) is 13.3. The average molecular weight is 524 g/mol. The molecule has 5 N–H and O–H groups in total. The van der Waals surface area contributed by atoms with Gasteiger partial charge in [0.25, 0.3) is 11.8 Å². The van der Waals surface area contributed by atoms with Crippen molar-refractivity contribution in [1.82, 2.24) is 9.69 Å². The molecule has 196 valence electrons. The van der Waals surface area contributed by atoms with E-state index < -0.39 is 17.9 Å². The lowest BCUT2D eigenvalue weighted by Crippen LogP contribution is -2.44. The number of benzene rings is 2. The molecule has 1 atom stereocenters. The van der Waals surface area contributed by atoms with E-state index in [-0.39, 0.29) is 22.2 Å². The van der Waals surface area contributed by atoms with Gasteiger partial charge < -0.3 is 21.5 Å². The number of nitrogens with one attached hydrogen (secondary N) is 1. The quantitative estimate of drug-likeness (QED) is 0.346. The second kappa shape index (κ2) is 12.4. The number of primary amides is 1. The van der Waals surface area contributed by atoms with Gasteiger partial charge in [0, 0.05) is 12.2 Å². The van der Waals surface area contributed by atoms with Gasteiger partial charge in [0.1, 0.15) is 16.7 Å². The van der Waals surface area contributed by atoms with Gasteiger partial charge in [-0.1, -0.05) is 43.7 Å². The molecule has 1 aromatic heterocycles. The zero-order valence-electron chi connectivity index (χ0n) is 21.5. The molecule has 37 heavy (non-hydrogen) atoms. The topological polar surface area (TPSA) is 141 Å². The SMILES string of the molecule is CCOc1ccc(N(C(=O)c2snc(C(N)=O)c2N)[C@@H](C(=O)NCCC(C)C)c2ccc(C)cc2)cc1. The highest BCUT2D eigenvalue weighted by Gasteiger charge is 2.36. The van der Waals surface area contributed by atoms with Gasteiger partial charge >= 0.3 is 0 Å². The second-order valence-electron chi connectivity index (χ2n) is 9.03. The van der Waals surface area contributed by atoms with E-state index in [0.29, 0.717) is 36.1 Å². The van der Waals surface area contributed by atoms with Crippen LogP contribution >= 0.6 is 11.5 Å². The fourth-order valence-corrected chi connectivity index (χ4v) is 4.48. The number of nitrogens with zero attached hydrogens (tertiary/aromatic N) is 2. The van der Waals surface area contributed by atoms with Gasteiger partial charge in [-0.15, -0.1) is 0 Å². The smallest absolute Gasteiger partial charge is 0.273 e. The van der Waals surface area contributed by atoms with E-state index in [1.54, 1.807) is 24.3 Å². The molecule has 0 spiro atoms. The number of nitrogens with two attached hydrogens (primary N) is 2. The molecular weight excluding hydrogens is 490 g/mol. The number of carbonyl (C=O) groups excluding carboxylic acids is 3. The van der Waals surface area contributed by atoms with Crippen LogP contribution in [0, 0.1) is 12.8 Å². The van der Waals surface area contributed by atoms with Crippen LogP contribution in [0.2, 0.25) is 0 Å². The average Bonchev–Trinajstić information content (AvgIpc) is 3.25. The summed E-state index contributed by atoms with van der Waals surface area (Å²) in [5, 5.41) is 2.98. The van der Waals surface area contributed by atoms with E-state index in [4.69, 9.17) is 16.2 Å². The standard InChI is InChI=1S/C27H33N5O4S/c1-5-36-20-12-10-19(11-13-20)32(27(35)24-21(28)22(25(29)33)31-37-24)23(18-8-6-17(4)7-9-18)26(34)30-15-14-16(2)3/h6-13,16,23H,5,14-15,28H2,1-4H3,(H2,29,33)(H,30,34)/t23-/m1/s1. The van der Waals surface area contributed by atoms with Crippen LogP contribution in [0.25, 0.3) is 0 Å². The van der Waals surface area contributed by atoms with E-state index in [1.807, 2.05) is 38.1 Å². The van der Waals surface area contributed by atoms with Gasteiger partial charge in [0.05, 0.1) is 12.3 Å². The van der Waals surface area contributed by atoms with Crippen LogP contribution in [0.3, 0.4) is 0 Å². The highest BCUT2D eigenvalue weighted by molar-refractivity contribution is 7.09. The maximum atomic E-state index is 14.0. The third-order valence-corrected chi connectivity index (χ3v) is 6.57. The van der Waals surface area contributed by atoms with E-state index in [9.17, 15) is 14.4 Å². The zero-order valence-corrected chi connectivity index (χ0v) is 22.3. The minimum atomic E-state index is -1.02. The summed E-state index contributed by atoms with van der Waals surface area (Å²) in [6.45, 7) is 8.91. The van der Waals surface area contributed by atoms with Crippen molar-refractivity contribution in [2.75, 3.05) is 23.8 Å². The van der Waals surface area contributed by atoms with Crippen molar-refractivity contribution in [1.29, 1.82) is 0 Å². The van der Waals surface area contributed by atoms with Crippen LogP contribution in [0.4, 0.5) is 11.4 Å². The van der Waals surface area contributed by atoms with Crippen LogP contribution < -0.4 is 26.4 Å². The summed E-state index contributed by atoms with van der Waals surface area (Å²) < 4.78 is 9.54. The van der Waals surface area contributed by atoms with Crippen LogP contribution in [0.15, 0.2) is 48.5 Å². The number of aryl methyl sites for hydroxylation is 1. The predicted molar refractivity (Wildman–Crippen MR) is 146 cm³/mol. The molecule has 0 bridgehead atoms. The van der Waals surface area contributed by atoms with E-state index >= 15 is 0 Å². The van der Waals surface area contributed by atoms with Crippen molar-refractivity contribution in [2.45, 2.75) is 40.2 Å². The molecule has 3 aromatic rings. The number of nitrogen functional groups attached to an aromatic ring is 1. The molecule has 10 heteroatoms. The molecule has 3 amide bonds. The molecule has 0 aliphatic carbocycles. The Morgan fingerprint density at radius 2 is 1.73 bits per heavy atom. The number of anilines is 2. The van der Waals surface area contributed by atoms with E-state index in [2.05, 4.69) is 23.5 Å². The second-order valence-corrected chi connectivity index (χ2v) is 9.80. The van der Waals surface area contributed by atoms with Crippen molar-refractivity contribution < 1.29 is 19.1 Å². The normalized spacial score (nSPS) is 11.7. The Kier molecular flexibility index (Phi) is 9.24. The lowest BCUT2D eigenvalue weighted by atomic mass is 10.0. The van der Waals surface area contributed by atoms with Crippen molar-refractivity contribution in [2.24, 2.45) is 11.7 Å². The molecule has 0 saturated carbocycles. The Labute approximate surface area is 221 Å². The highest BCUT2D eigenvalue weighted by atomic mass is 32.1. The molecule has 0 unspecified atom stereocenters. The van der Waals surface area contributed by atoms with Gasteiger partial charge in [-0.05, 0) is 67.5 Å². The molecule has 0 fully saturated rings. The third kappa shape index (κ3) is 6.65. The van der Waals surface area contributed by atoms with Gasteiger partial charge in [-0.25, -0.2) is 0 Å². The number of hydrogen-bond donors (Lipinski definition) is 3. The van der Waals surface area contributed by atoms with Crippen molar-refractivity contribution in [3.05, 3.63) is 70.2 Å². The fraction of sp³-hybridized carbons (Fsp3) is 0.333. The number of amides is 3. The van der Waals surface area contributed by atoms with Crippen LogP contribution in [-0.4, -0.2) is 35.2 Å². The van der Waals surface area contributed by atoms with Crippen LogP contribution in [0.1, 0.15) is 64.5 Å². The molecular formula is C27H33N5O4S. The molecule has 0 saturated heterocycles. The first-order valence-electron chi connectivity index (χ1n) is 12.1. The van der Waals surface area contributed by atoms with Gasteiger partial charge in [0.2, 0.25) is 5.91 Å². The number of ether oxygens (including phenoxy) is 1. The summed E-state index contributed by atoms with van der Waals surface area (Å²) >= 11 is 0.772. The summed E-state index contributed by atoms with van der Waals surface area (Å²) in [5.41, 5.74) is 13.3. The van der Waals surface area contributed by atoms with Crippen molar-refractivity contribution >= 4 is 40.6 Å². The van der Waals surface area contributed by atoms with Crippen molar-refractivity contribution in [3.63, 3.8) is 0 Å². The Morgan fingerprint density at radius 3 is 2.27 bits per heavy atom. The molecule has 0 aliphatic rings. The summed E-state index contributed by atoms with van der Waals surface area (Å²) in [4.78, 5) is 40.9. The zero-order chi connectivity index (χ0) is 27.1. The Bertz CT molecular complexity index is 1240. The largest absolute Gasteiger partial charge is 0.494 e. The van der Waals surface area contributed by atoms with Crippen molar-refractivity contribution in [3.8, 4) is 5.75 Å². The van der Waals surface area contributed by atoms with Crippen LogP contribution in [-0.2, 0) is 4.79 Å². The minimum absolute atomic E-state index is 0.0229. The first-order chi connectivity index (χ1) is 17.6. The number of hydrogen-bond acceptors (Lipinski definition) is 7. The lowest BCUT2D eigenvalue weighted by molar-refractivity contribution is -0.122. The maximum absolute atomic E-state index is 14.0. The van der Waals surface area contributed by atoms with Gasteiger partial charge in [-0.2, -0.15) is 4.37 Å². The third-order valence-electron chi connectivity index (χ3n) is 5.72. The highest BCUT2D eigenvalue weighted by Crippen LogP contribution is 2.34. The Morgan fingerprint density at radius 1 is 1.08 bits per heavy atom. The summed E-state index contributed by atoms with van der Waals surface area (Å²) in [6.07, 6.45) is 0.785. The maximum Gasteiger partial charge on any atom is 0.273 e. The Balaban J connectivity index is 2.15. The number of carbonyl (C=O) groups is 3. The first-order valence-corrected chi connectivity index (χ1v) is 12.9. The van der Waals surface area contributed by atoms with Crippen LogP contribution in [0.5, 0.6) is 5.75 Å². The summed E-state index contributed by atoms with van der Waals surface area (Å²) in [7, 11) is 0. The number of rotatable bonds is 11. The Hall–Kier alpha value is -3.92. The molecule has 1 heterocycles. The predicted octanol–water partition coefficient (Wildman–Crippen LogP) is 4.08. The molecule has 9 nitrogen and oxygen atoms in total.